The number of hydrogen-bond acceptors (Lipinski definition) is 4. The number of guanidine groups is 1. The molecule has 30 heavy (non-hydrogen) atoms. The van der Waals surface area contributed by atoms with E-state index < -0.39 is 15.6 Å². The van der Waals surface area contributed by atoms with Crippen LogP contribution in [0.1, 0.15) is 25.0 Å². The van der Waals surface area contributed by atoms with Crippen molar-refractivity contribution in [3.05, 3.63) is 65.7 Å². The zero-order valence-electron chi connectivity index (χ0n) is 17.6. The molecular formula is C21H31IN4O3S. The molecular weight excluding hydrogens is 515 g/mol. The van der Waals surface area contributed by atoms with Gasteiger partial charge in [0.1, 0.15) is 5.60 Å². The lowest BCUT2D eigenvalue weighted by Crippen LogP contribution is -2.42. The number of benzene rings is 2. The smallest absolute Gasteiger partial charge is 0.240 e. The summed E-state index contributed by atoms with van der Waals surface area (Å²) in [5, 5.41) is 16.8. The third-order valence-electron chi connectivity index (χ3n) is 4.33. The van der Waals surface area contributed by atoms with Crippen LogP contribution in [0.5, 0.6) is 0 Å². The molecule has 0 saturated carbocycles. The molecule has 166 valence electrons. The van der Waals surface area contributed by atoms with Crippen LogP contribution in [-0.4, -0.2) is 45.7 Å². The average Bonchev–Trinajstić information content (AvgIpc) is 2.70. The standard InChI is InChI=1S/C21H30N4O3S.HI/c1-4-22-20(24-16-21(3,26)18-8-6-5-7-9-18)23-14-15-25-29(27,28)19-12-10-17(2)11-13-19;/h5-13,25-26H,4,14-16H2,1-3H3,(H2,22,23,24);1H. The molecule has 0 aliphatic rings. The van der Waals surface area contributed by atoms with Crippen LogP contribution in [0.3, 0.4) is 0 Å². The molecule has 1 atom stereocenters. The number of halogens is 1. The van der Waals surface area contributed by atoms with Crippen molar-refractivity contribution >= 4 is 40.0 Å². The molecule has 0 amide bonds. The van der Waals surface area contributed by atoms with Gasteiger partial charge in [-0.05, 0) is 38.5 Å². The Kier molecular flexibility index (Phi) is 10.7. The zero-order valence-corrected chi connectivity index (χ0v) is 20.7. The molecule has 0 heterocycles. The monoisotopic (exact) mass is 546 g/mol. The van der Waals surface area contributed by atoms with Crippen molar-refractivity contribution in [2.45, 2.75) is 31.3 Å². The Hall–Kier alpha value is -1.69. The summed E-state index contributed by atoms with van der Waals surface area (Å²) in [5.74, 6) is 0.512. The fourth-order valence-electron chi connectivity index (χ4n) is 2.63. The Balaban J connectivity index is 0.00000450. The number of aryl methyl sites for hydroxylation is 1. The minimum atomic E-state index is -3.55. The summed E-state index contributed by atoms with van der Waals surface area (Å²) in [6.07, 6.45) is 0. The summed E-state index contributed by atoms with van der Waals surface area (Å²) in [7, 11) is -3.55. The third kappa shape index (κ3) is 8.21. The molecule has 2 aromatic rings. The third-order valence-corrected chi connectivity index (χ3v) is 5.80. The highest BCUT2D eigenvalue weighted by molar-refractivity contribution is 14.0. The van der Waals surface area contributed by atoms with Crippen molar-refractivity contribution in [1.82, 2.24) is 15.4 Å². The number of aliphatic imine (C=N–C) groups is 1. The molecule has 7 nitrogen and oxygen atoms in total. The molecule has 4 N–H and O–H groups in total. The highest BCUT2D eigenvalue weighted by Gasteiger charge is 2.22. The molecule has 0 aromatic heterocycles. The van der Waals surface area contributed by atoms with Crippen LogP contribution in [0, 0.1) is 6.92 Å². The fourth-order valence-corrected chi connectivity index (χ4v) is 3.66. The summed E-state index contributed by atoms with van der Waals surface area (Å²) < 4.78 is 27.2. The van der Waals surface area contributed by atoms with Crippen LogP contribution in [0.15, 0.2) is 64.5 Å². The number of hydrogen-bond donors (Lipinski definition) is 4. The van der Waals surface area contributed by atoms with E-state index in [-0.39, 0.29) is 42.0 Å². The van der Waals surface area contributed by atoms with Crippen molar-refractivity contribution in [2.24, 2.45) is 4.99 Å². The van der Waals surface area contributed by atoms with Crippen LogP contribution in [-0.2, 0) is 15.6 Å². The highest BCUT2D eigenvalue weighted by atomic mass is 127. The van der Waals surface area contributed by atoms with Crippen molar-refractivity contribution < 1.29 is 13.5 Å². The SMILES string of the molecule is CCNC(=NCC(C)(O)c1ccccc1)NCCNS(=O)(=O)c1ccc(C)cc1.I. The van der Waals surface area contributed by atoms with Gasteiger partial charge < -0.3 is 15.7 Å². The summed E-state index contributed by atoms with van der Waals surface area (Å²) >= 11 is 0. The van der Waals surface area contributed by atoms with E-state index in [9.17, 15) is 13.5 Å². The first-order valence-corrected chi connectivity index (χ1v) is 11.1. The Morgan fingerprint density at radius 1 is 1.03 bits per heavy atom. The minimum absolute atomic E-state index is 0. The lowest BCUT2D eigenvalue weighted by atomic mass is 9.96. The van der Waals surface area contributed by atoms with Gasteiger partial charge in [0.2, 0.25) is 10.0 Å². The lowest BCUT2D eigenvalue weighted by Gasteiger charge is -2.22. The van der Waals surface area contributed by atoms with E-state index in [1.165, 1.54) is 0 Å². The number of sulfonamides is 1. The van der Waals surface area contributed by atoms with Crippen molar-refractivity contribution in [2.75, 3.05) is 26.2 Å². The largest absolute Gasteiger partial charge is 0.384 e. The van der Waals surface area contributed by atoms with Gasteiger partial charge in [-0.15, -0.1) is 24.0 Å². The molecule has 0 spiro atoms. The highest BCUT2D eigenvalue weighted by Crippen LogP contribution is 2.20. The van der Waals surface area contributed by atoms with Crippen LogP contribution < -0.4 is 15.4 Å². The van der Waals surface area contributed by atoms with Gasteiger partial charge in [-0.3, -0.25) is 0 Å². The van der Waals surface area contributed by atoms with Gasteiger partial charge in [0.05, 0.1) is 11.4 Å². The van der Waals surface area contributed by atoms with Gasteiger partial charge in [-0.25, -0.2) is 18.1 Å². The second kappa shape index (κ2) is 12.2. The predicted octanol–water partition coefficient (Wildman–Crippen LogP) is 2.35. The molecule has 0 bridgehead atoms. The topological polar surface area (TPSA) is 103 Å². The first-order chi connectivity index (χ1) is 13.7. The molecule has 9 heteroatoms. The Bertz CT molecular complexity index is 902. The first kappa shape index (κ1) is 26.3. The van der Waals surface area contributed by atoms with E-state index in [2.05, 4.69) is 20.3 Å². The molecule has 1 unspecified atom stereocenters. The molecule has 0 saturated heterocycles. The minimum Gasteiger partial charge on any atom is -0.384 e. The van der Waals surface area contributed by atoms with Crippen LogP contribution in [0.25, 0.3) is 0 Å². The molecule has 0 aliphatic carbocycles. The lowest BCUT2D eigenvalue weighted by molar-refractivity contribution is 0.0672. The van der Waals surface area contributed by atoms with Crippen LogP contribution >= 0.6 is 24.0 Å². The zero-order chi connectivity index (χ0) is 21.3. The van der Waals surface area contributed by atoms with Gasteiger partial charge in [0.25, 0.3) is 0 Å². The van der Waals surface area contributed by atoms with E-state index >= 15 is 0 Å². The maximum Gasteiger partial charge on any atom is 0.240 e. The predicted molar refractivity (Wildman–Crippen MR) is 132 cm³/mol. The van der Waals surface area contributed by atoms with Gasteiger partial charge in [-0.2, -0.15) is 0 Å². The Morgan fingerprint density at radius 2 is 1.67 bits per heavy atom. The number of nitrogens with zero attached hydrogens (tertiary/aromatic N) is 1. The van der Waals surface area contributed by atoms with Crippen LogP contribution in [0.4, 0.5) is 0 Å². The van der Waals surface area contributed by atoms with E-state index in [0.717, 1.165) is 11.1 Å². The van der Waals surface area contributed by atoms with Gasteiger partial charge in [0, 0.05) is 19.6 Å². The molecule has 0 aliphatic heterocycles. The van der Waals surface area contributed by atoms with E-state index in [1.807, 2.05) is 44.2 Å². The Morgan fingerprint density at radius 3 is 2.27 bits per heavy atom. The van der Waals surface area contributed by atoms with Gasteiger partial charge in [-0.1, -0.05) is 48.0 Å². The normalized spacial score (nSPS) is 13.8. The van der Waals surface area contributed by atoms with Crippen LogP contribution in [0.2, 0.25) is 0 Å². The molecule has 0 fully saturated rings. The maximum atomic E-state index is 12.3. The summed E-state index contributed by atoms with van der Waals surface area (Å²) in [4.78, 5) is 4.67. The summed E-state index contributed by atoms with van der Waals surface area (Å²) in [5.41, 5.74) is 0.686. The summed E-state index contributed by atoms with van der Waals surface area (Å²) in [6.45, 7) is 6.93. The molecule has 2 aromatic carbocycles. The second-order valence-electron chi connectivity index (χ2n) is 6.97. The first-order valence-electron chi connectivity index (χ1n) is 9.61. The number of nitrogens with one attached hydrogen (secondary N) is 3. The number of aliphatic hydroxyl groups is 1. The van der Waals surface area contributed by atoms with E-state index in [4.69, 9.17) is 0 Å². The second-order valence-corrected chi connectivity index (χ2v) is 8.74. The quantitative estimate of drug-likeness (QED) is 0.168. The number of rotatable bonds is 9. The molecule has 0 radical (unpaired) electrons. The molecule has 2 rings (SSSR count). The van der Waals surface area contributed by atoms with Gasteiger partial charge >= 0.3 is 0 Å². The summed E-state index contributed by atoms with van der Waals surface area (Å²) in [6, 6.07) is 16.1. The van der Waals surface area contributed by atoms with E-state index in [0.29, 0.717) is 19.0 Å². The average molecular weight is 546 g/mol. The van der Waals surface area contributed by atoms with Gasteiger partial charge in [0.15, 0.2) is 5.96 Å². The van der Waals surface area contributed by atoms with E-state index in [1.54, 1.807) is 31.2 Å². The maximum absolute atomic E-state index is 12.3. The fraction of sp³-hybridized carbons (Fsp3) is 0.381. The van der Waals surface area contributed by atoms with Crippen molar-refractivity contribution in [3.8, 4) is 0 Å². The van der Waals surface area contributed by atoms with Crippen molar-refractivity contribution in [1.29, 1.82) is 0 Å². The van der Waals surface area contributed by atoms with Crippen molar-refractivity contribution in [3.63, 3.8) is 0 Å². The Labute approximate surface area is 196 Å².